The summed E-state index contributed by atoms with van der Waals surface area (Å²) < 4.78 is 21.3. The van der Waals surface area contributed by atoms with Gasteiger partial charge in [-0.15, -0.1) is 0 Å². The van der Waals surface area contributed by atoms with Crippen LogP contribution in [0.2, 0.25) is 5.02 Å². The number of carbonyl (C=O) groups is 1. The van der Waals surface area contributed by atoms with Crippen LogP contribution in [0.15, 0.2) is 67.5 Å². The second-order valence-electron chi connectivity index (χ2n) is 7.67. The molecule has 1 amide bonds. The molecule has 5 rings (SSSR count). The van der Waals surface area contributed by atoms with Gasteiger partial charge in [0.2, 0.25) is 0 Å². The number of benzene rings is 2. The molecule has 1 aliphatic heterocycles. The molecule has 1 aliphatic rings. The number of hydrogen-bond acceptors (Lipinski definition) is 6. The summed E-state index contributed by atoms with van der Waals surface area (Å²) in [6, 6.07) is 7.98. The van der Waals surface area contributed by atoms with Gasteiger partial charge in [0.05, 0.1) is 29.2 Å². The Hall–Kier alpha value is -3.98. The monoisotopic (exact) mass is 478 g/mol. The minimum atomic E-state index is -0.502. The Morgan fingerprint density at radius 3 is 3.00 bits per heavy atom. The Balaban J connectivity index is 1.49. The smallest absolute Gasteiger partial charge is 0.250 e. The SMILES string of the molecule is O=C(C=CCn1ccnc1)N1CCCOc2cc3ncnc(Nc4ccc(F)c(Cl)c4)c3cc21. The van der Waals surface area contributed by atoms with Crippen LogP contribution in [0.4, 0.5) is 21.6 Å². The summed E-state index contributed by atoms with van der Waals surface area (Å²) in [4.78, 5) is 27.5. The zero-order chi connectivity index (χ0) is 23.5. The van der Waals surface area contributed by atoms with Crippen molar-refractivity contribution in [3.63, 3.8) is 0 Å². The Kier molecular flexibility index (Phi) is 6.09. The lowest BCUT2D eigenvalue weighted by molar-refractivity contribution is -0.114. The third-order valence-electron chi connectivity index (χ3n) is 5.37. The Bertz CT molecular complexity index is 1380. The second-order valence-corrected chi connectivity index (χ2v) is 8.07. The number of fused-ring (bicyclic) bond motifs is 2. The standard InChI is InChI=1S/C24H20ClFN6O2/c25-18-11-16(4-5-19(18)26)30-24-17-12-21-22(13-20(17)28-14-29-24)34-10-2-8-32(21)23(33)3-1-7-31-9-6-27-15-31/h1,3-6,9,11-15H,2,7-8,10H2,(H,28,29,30). The normalized spacial score (nSPS) is 13.5. The Morgan fingerprint density at radius 2 is 2.18 bits per heavy atom. The molecule has 172 valence electrons. The highest BCUT2D eigenvalue weighted by Gasteiger charge is 2.23. The van der Waals surface area contributed by atoms with Gasteiger partial charge < -0.3 is 19.5 Å². The van der Waals surface area contributed by atoms with Crippen LogP contribution < -0.4 is 15.0 Å². The van der Waals surface area contributed by atoms with Crippen molar-refractivity contribution in [3.8, 4) is 5.75 Å². The van der Waals surface area contributed by atoms with Crippen molar-refractivity contribution in [1.82, 2.24) is 19.5 Å². The number of imidazole rings is 1. The molecule has 0 saturated carbocycles. The van der Waals surface area contributed by atoms with Gasteiger partial charge in [0, 0.05) is 48.7 Å². The van der Waals surface area contributed by atoms with Crippen LogP contribution in [-0.2, 0) is 11.3 Å². The number of allylic oxidation sites excluding steroid dienone is 1. The number of aromatic nitrogens is 4. The number of nitrogens with one attached hydrogen (secondary N) is 1. The summed E-state index contributed by atoms with van der Waals surface area (Å²) in [6.07, 6.45) is 10.7. The highest BCUT2D eigenvalue weighted by atomic mass is 35.5. The maximum absolute atomic E-state index is 13.6. The van der Waals surface area contributed by atoms with Gasteiger partial charge in [-0.2, -0.15) is 0 Å². The van der Waals surface area contributed by atoms with Crippen molar-refractivity contribution in [2.75, 3.05) is 23.4 Å². The van der Waals surface area contributed by atoms with E-state index in [1.165, 1.54) is 18.5 Å². The van der Waals surface area contributed by atoms with Crippen molar-refractivity contribution in [2.24, 2.45) is 0 Å². The number of nitrogens with zero attached hydrogens (tertiary/aromatic N) is 5. The van der Waals surface area contributed by atoms with E-state index in [0.717, 1.165) is 0 Å². The summed E-state index contributed by atoms with van der Waals surface area (Å²) in [6.45, 7) is 1.55. The minimum Gasteiger partial charge on any atom is -0.491 e. The number of rotatable bonds is 5. The Morgan fingerprint density at radius 1 is 1.26 bits per heavy atom. The van der Waals surface area contributed by atoms with E-state index >= 15 is 0 Å². The predicted octanol–water partition coefficient (Wildman–Crippen LogP) is 4.73. The van der Waals surface area contributed by atoms with E-state index in [1.807, 2.05) is 16.8 Å². The van der Waals surface area contributed by atoms with Crippen molar-refractivity contribution in [1.29, 1.82) is 0 Å². The first kappa shape index (κ1) is 21.8. The maximum Gasteiger partial charge on any atom is 0.250 e. The van der Waals surface area contributed by atoms with Gasteiger partial charge in [0.1, 0.15) is 23.7 Å². The first-order valence-corrected chi connectivity index (χ1v) is 11.0. The fraction of sp³-hybridized carbons (Fsp3) is 0.167. The highest BCUT2D eigenvalue weighted by molar-refractivity contribution is 6.31. The maximum atomic E-state index is 13.6. The molecule has 0 atom stereocenters. The number of ether oxygens (including phenoxy) is 1. The average molecular weight is 479 g/mol. The molecule has 3 heterocycles. The molecule has 0 fully saturated rings. The van der Waals surface area contributed by atoms with Gasteiger partial charge in [0.25, 0.3) is 5.91 Å². The van der Waals surface area contributed by atoms with Crippen LogP contribution in [0.3, 0.4) is 0 Å². The first-order chi connectivity index (χ1) is 16.6. The van der Waals surface area contributed by atoms with Gasteiger partial charge in [0.15, 0.2) is 0 Å². The molecule has 4 aromatic rings. The van der Waals surface area contributed by atoms with Crippen LogP contribution in [0, 0.1) is 5.82 Å². The van der Waals surface area contributed by atoms with Crippen molar-refractivity contribution in [2.45, 2.75) is 13.0 Å². The van der Waals surface area contributed by atoms with E-state index in [-0.39, 0.29) is 10.9 Å². The van der Waals surface area contributed by atoms with E-state index in [4.69, 9.17) is 16.3 Å². The third-order valence-corrected chi connectivity index (χ3v) is 5.66. The molecule has 0 spiro atoms. The van der Waals surface area contributed by atoms with Crippen molar-refractivity contribution in [3.05, 3.63) is 78.4 Å². The van der Waals surface area contributed by atoms with E-state index in [0.29, 0.717) is 60.0 Å². The average Bonchev–Trinajstić information content (AvgIpc) is 3.26. The largest absolute Gasteiger partial charge is 0.491 e. The molecule has 10 heteroatoms. The summed E-state index contributed by atoms with van der Waals surface area (Å²) >= 11 is 5.92. The molecule has 0 radical (unpaired) electrons. The van der Waals surface area contributed by atoms with Crippen LogP contribution >= 0.6 is 11.6 Å². The number of amides is 1. The lowest BCUT2D eigenvalue weighted by Gasteiger charge is -2.21. The lowest BCUT2D eigenvalue weighted by Crippen LogP contribution is -2.29. The zero-order valence-corrected chi connectivity index (χ0v) is 18.7. The van der Waals surface area contributed by atoms with E-state index in [2.05, 4.69) is 20.3 Å². The molecule has 34 heavy (non-hydrogen) atoms. The van der Waals surface area contributed by atoms with Gasteiger partial charge in [-0.25, -0.2) is 19.3 Å². The zero-order valence-electron chi connectivity index (χ0n) is 18.0. The lowest BCUT2D eigenvalue weighted by atomic mass is 10.1. The first-order valence-electron chi connectivity index (χ1n) is 10.7. The predicted molar refractivity (Wildman–Crippen MR) is 128 cm³/mol. The van der Waals surface area contributed by atoms with E-state index in [1.54, 1.807) is 41.7 Å². The van der Waals surface area contributed by atoms with Gasteiger partial charge in [-0.05, 0) is 30.7 Å². The van der Waals surface area contributed by atoms with Gasteiger partial charge in [-0.3, -0.25) is 4.79 Å². The summed E-state index contributed by atoms with van der Waals surface area (Å²) in [7, 11) is 0. The molecule has 2 aromatic carbocycles. The number of halogens is 2. The molecule has 0 aliphatic carbocycles. The third kappa shape index (κ3) is 4.55. The minimum absolute atomic E-state index is 0.00452. The van der Waals surface area contributed by atoms with Gasteiger partial charge >= 0.3 is 0 Å². The van der Waals surface area contributed by atoms with Crippen LogP contribution in [0.1, 0.15) is 6.42 Å². The molecule has 1 N–H and O–H groups in total. The quantitative estimate of drug-likeness (QED) is 0.417. The number of hydrogen-bond donors (Lipinski definition) is 1. The van der Waals surface area contributed by atoms with Crippen molar-refractivity contribution >= 4 is 45.6 Å². The van der Waals surface area contributed by atoms with Gasteiger partial charge in [-0.1, -0.05) is 17.7 Å². The molecular formula is C24H20ClFN6O2. The number of anilines is 3. The Labute approximate surface area is 199 Å². The van der Waals surface area contributed by atoms with Crippen molar-refractivity contribution < 1.29 is 13.9 Å². The van der Waals surface area contributed by atoms with E-state index in [9.17, 15) is 9.18 Å². The summed E-state index contributed by atoms with van der Waals surface area (Å²) in [5.41, 5.74) is 1.86. The summed E-state index contributed by atoms with van der Waals surface area (Å²) in [5.74, 6) is 0.430. The molecule has 8 nitrogen and oxygen atoms in total. The number of carbonyl (C=O) groups excluding carboxylic acids is 1. The fourth-order valence-corrected chi connectivity index (χ4v) is 3.90. The van der Waals surface area contributed by atoms with E-state index < -0.39 is 5.82 Å². The molecular weight excluding hydrogens is 459 g/mol. The fourth-order valence-electron chi connectivity index (χ4n) is 3.72. The second kappa shape index (κ2) is 9.48. The van der Waals surface area contributed by atoms with Crippen LogP contribution in [-0.4, -0.2) is 38.6 Å². The van der Waals surface area contributed by atoms with Crippen LogP contribution in [0.25, 0.3) is 10.9 Å². The molecule has 0 unspecified atom stereocenters. The molecule has 0 saturated heterocycles. The molecule has 0 bridgehead atoms. The highest BCUT2D eigenvalue weighted by Crippen LogP contribution is 2.37. The van der Waals surface area contributed by atoms with Crippen LogP contribution in [0.5, 0.6) is 5.75 Å². The molecule has 2 aromatic heterocycles. The summed E-state index contributed by atoms with van der Waals surface area (Å²) in [5, 5.41) is 3.85. The topological polar surface area (TPSA) is 85.2 Å².